The van der Waals surface area contributed by atoms with Gasteiger partial charge < -0.3 is 26.3 Å². The molecule has 0 unspecified atom stereocenters. The molecule has 0 radical (unpaired) electrons. The molecule has 3 aromatic heterocycles. The summed E-state index contributed by atoms with van der Waals surface area (Å²) in [6.45, 7) is 0.0221. The van der Waals surface area contributed by atoms with Gasteiger partial charge in [-0.2, -0.15) is 0 Å². The molecule has 2 aromatic carbocycles. The Morgan fingerprint density at radius 2 is 1.76 bits per heavy atom. The second-order valence-corrected chi connectivity index (χ2v) is 8.37. The minimum absolute atomic E-state index is 0.0221. The van der Waals surface area contributed by atoms with Gasteiger partial charge >= 0.3 is 0 Å². The van der Waals surface area contributed by atoms with Crippen LogP contribution in [0.5, 0.6) is 0 Å². The highest BCUT2D eigenvalue weighted by molar-refractivity contribution is 6.09. The number of fused-ring (bicyclic) bond motifs is 1. The van der Waals surface area contributed by atoms with Crippen molar-refractivity contribution in [3.05, 3.63) is 91.0 Å². The van der Waals surface area contributed by atoms with Crippen LogP contribution in [0.1, 0.15) is 10.4 Å². The monoisotopic (exact) mass is 507 g/mol. The molecule has 0 aliphatic heterocycles. The number of carbonyl (C=O) groups is 2. The smallest absolute Gasteiger partial charge is 0.252 e. The maximum absolute atomic E-state index is 13.7. The first-order valence-electron chi connectivity index (χ1n) is 11.9. The van der Waals surface area contributed by atoms with Crippen LogP contribution in [0.2, 0.25) is 0 Å². The second kappa shape index (κ2) is 10.7. The number of benzene rings is 2. The Hall–Kier alpha value is -5.32. The fraction of sp³-hybridized carbons (Fsp3) is 0.111. The number of H-pyrrole nitrogens is 1. The van der Waals surface area contributed by atoms with Gasteiger partial charge in [0.15, 0.2) is 0 Å². The molecular weight excluding hydrogens is 482 g/mol. The summed E-state index contributed by atoms with van der Waals surface area (Å²) in [5.74, 6) is -0.385. The van der Waals surface area contributed by atoms with Crippen LogP contribution in [-0.4, -0.2) is 56.4 Å². The summed E-state index contributed by atoms with van der Waals surface area (Å²) in [7, 11) is 1.72. The zero-order valence-electron chi connectivity index (χ0n) is 20.5. The van der Waals surface area contributed by atoms with E-state index in [0.29, 0.717) is 28.7 Å². The van der Waals surface area contributed by atoms with Gasteiger partial charge in [-0.05, 0) is 42.5 Å². The highest BCUT2D eigenvalue weighted by atomic mass is 16.2. The van der Waals surface area contributed by atoms with Crippen LogP contribution in [0.15, 0.2) is 85.5 Å². The van der Waals surface area contributed by atoms with Crippen LogP contribution >= 0.6 is 0 Å². The van der Waals surface area contributed by atoms with Crippen LogP contribution in [0, 0.1) is 0 Å². The van der Waals surface area contributed by atoms with E-state index in [0.717, 1.165) is 16.6 Å². The van der Waals surface area contributed by atoms with Gasteiger partial charge in [-0.15, -0.1) is 0 Å². The Morgan fingerprint density at radius 3 is 2.50 bits per heavy atom. The highest BCUT2D eigenvalue weighted by Gasteiger charge is 2.26. The molecule has 190 valence electrons. The number of aromatic nitrogens is 5. The third-order valence-electron chi connectivity index (χ3n) is 5.99. The molecule has 5 N–H and O–H groups in total. The Labute approximate surface area is 218 Å². The second-order valence-electron chi connectivity index (χ2n) is 8.37. The topological polar surface area (TPSA) is 155 Å². The van der Waals surface area contributed by atoms with Crippen LogP contribution < -0.4 is 21.3 Å². The third kappa shape index (κ3) is 4.98. The lowest BCUT2D eigenvalue weighted by atomic mass is 9.99. The number of anilines is 3. The molecule has 0 saturated heterocycles. The molecule has 3 heterocycles. The highest BCUT2D eigenvalue weighted by Crippen LogP contribution is 2.31. The van der Waals surface area contributed by atoms with E-state index in [1.807, 2.05) is 36.4 Å². The van der Waals surface area contributed by atoms with Crippen molar-refractivity contribution in [1.29, 1.82) is 0 Å². The summed E-state index contributed by atoms with van der Waals surface area (Å²) in [6, 6.07) is 17.1. The third-order valence-corrected chi connectivity index (χ3v) is 5.99. The van der Waals surface area contributed by atoms with Crippen molar-refractivity contribution in [2.24, 2.45) is 5.73 Å². The summed E-state index contributed by atoms with van der Waals surface area (Å²) < 4.78 is 0. The molecule has 5 aromatic rings. The molecule has 2 amide bonds. The maximum atomic E-state index is 13.7. The fourth-order valence-corrected chi connectivity index (χ4v) is 4.18. The van der Waals surface area contributed by atoms with Gasteiger partial charge in [0.05, 0.1) is 12.2 Å². The molecule has 0 bridgehead atoms. The van der Waals surface area contributed by atoms with Crippen molar-refractivity contribution in [2.75, 3.05) is 23.8 Å². The molecule has 11 heteroatoms. The van der Waals surface area contributed by atoms with E-state index in [-0.39, 0.29) is 6.54 Å². The van der Waals surface area contributed by atoms with Crippen LogP contribution in [0.4, 0.5) is 17.6 Å². The Bertz CT molecular complexity index is 1530. The van der Waals surface area contributed by atoms with Crippen LogP contribution in [0.25, 0.3) is 22.2 Å². The van der Waals surface area contributed by atoms with Gasteiger partial charge in [0.2, 0.25) is 17.8 Å². The van der Waals surface area contributed by atoms with Crippen molar-refractivity contribution in [1.82, 2.24) is 30.2 Å². The predicted octanol–water partition coefficient (Wildman–Crippen LogP) is 2.88. The number of nitrogens with two attached hydrogens (primary N) is 1. The van der Waals surface area contributed by atoms with Gasteiger partial charge in [-0.3, -0.25) is 9.59 Å². The first kappa shape index (κ1) is 24.4. The van der Waals surface area contributed by atoms with E-state index in [1.165, 1.54) is 0 Å². The predicted molar refractivity (Wildman–Crippen MR) is 145 cm³/mol. The first-order valence-corrected chi connectivity index (χ1v) is 11.9. The van der Waals surface area contributed by atoms with E-state index in [1.54, 1.807) is 61.0 Å². The normalized spacial score (nSPS) is 11.6. The van der Waals surface area contributed by atoms with Crippen molar-refractivity contribution >= 4 is 40.3 Å². The number of para-hydroxylation sites is 1. The quantitative estimate of drug-likeness (QED) is 0.237. The van der Waals surface area contributed by atoms with Gasteiger partial charge in [0.1, 0.15) is 6.04 Å². The molecule has 0 aliphatic rings. The van der Waals surface area contributed by atoms with Gasteiger partial charge in [-0.1, -0.05) is 18.2 Å². The van der Waals surface area contributed by atoms with Crippen molar-refractivity contribution < 1.29 is 9.59 Å². The SMILES string of the molecule is CNc1nccc(-c2c(C(=O)N[C@@H](CN(c3ccccc3)c3ncccn3)C(N)=O)ccc3[nH]ccc23)n1. The number of nitrogens with one attached hydrogen (secondary N) is 3. The molecule has 0 aliphatic carbocycles. The molecule has 38 heavy (non-hydrogen) atoms. The molecule has 5 rings (SSSR count). The Balaban J connectivity index is 1.51. The number of carbonyl (C=O) groups excluding carboxylic acids is 2. The van der Waals surface area contributed by atoms with Gasteiger partial charge in [0, 0.05) is 59.6 Å². The summed E-state index contributed by atoms with van der Waals surface area (Å²) in [5.41, 5.74) is 8.86. The van der Waals surface area contributed by atoms with Crippen molar-refractivity contribution in [3.63, 3.8) is 0 Å². The number of hydrogen-bond acceptors (Lipinski definition) is 8. The zero-order chi connectivity index (χ0) is 26.5. The van der Waals surface area contributed by atoms with Crippen LogP contribution in [0.3, 0.4) is 0 Å². The van der Waals surface area contributed by atoms with Crippen LogP contribution in [-0.2, 0) is 4.79 Å². The summed E-state index contributed by atoms with van der Waals surface area (Å²) in [5, 5.41) is 6.54. The number of aromatic amines is 1. The number of primary amides is 1. The average molecular weight is 508 g/mol. The van der Waals surface area contributed by atoms with Gasteiger partial charge in [0.25, 0.3) is 5.91 Å². The lowest BCUT2D eigenvalue weighted by Gasteiger charge is -2.27. The standard InChI is InChI=1S/C27H25N9O2/c1-29-26-31-15-11-21(35-26)23-18-10-14-30-20(18)9-8-19(23)25(38)34-22(24(28)37)16-36(17-6-3-2-4-7-17)27-32-12-5-13-33-27/h2-15,22,30H,16H2,1H3,(H2,28,37)(H,34,38)(H,29,31,35)/t22-/m0/s1. The lowest BCUT2D eigenvalue weighted by molar-refractivity contribution is -0.119. The number of amides is 2. The molecule has 11 nitrogen and oxygen atoms in total. The number of nitrogens with zero attached hydrogens (tertiary/aromatic N) is 5. The van der Waals surface area contributed by atoms with Gasteiger partial charge in [-0.25, -0.2) is 19.9 Å². The number of rotatable bonds is 9. The molecule has 1 atom stereocenters. The summed E-state index contributed by atoms with van der Waals surface area (Å²) in [4.78, 5) is 48.5. The van der Waals surface area contributed by atoms with Crippen molar-refractivity contribution in [3.8, 4) is 11.3 Å². The zero-order valence-corrected chi connectivity index (χ0v) is 20.5. The maximum Gasteiger partial charge on any atom is 0.252 e. The lowest BCUT2D eigenvalue weighted by Crippen LogP contribution is -2.50. The first-order chi connectivity index (χ1) is 18.5. The Morgan fingerprint density at radius 1 is 0.974 bits per heavy atom. The van der Waals surface area contributed by atoms with E-state index >= 15 is 0 Å². The minimum atomic E-state index is -1.06. The summed E-state index contributed by atoms with van der Waals surface area (Å²) in [6.07, 6.45) is 6.62. The molecule has 0 saturated carbocycles. The van der Waals surface area contributed by atoms with Crippen molar-refractivity contribution in [2.45, 2.75) is 6.04 Å². The largest absolute Gasteiger partial charge is 0.368 e. The molecule has 0 spiro atoms. The molecule has 0 fully saturated rings. The summed E-state index contributed by atoms with van der Waals surface area (Å²) >= 11 is 0. The van der Waals surface area contributed by atoms with E-state index < -0.39 is 17.9 Å². The fourth-order valence-electron chi connectivity index (χ4n) is 4.18. The molecular formula is C27H25N9O2. The Kier molecular flexibility index (Phi) is 6.89. The minimum Gasteiger partial charge on any atom is -0.368 e. The number of hydrogen-bond donors (Lipinski definition) is 4. The average Bonchev–Trinajstić information content (AvgIpc) is 3.44. The van der Waals surface area contributed by atoms with E-state index in [2.05, 4.69) is 35.6 Å². The van der Waals surface area contributed by atoms with E-state index in [4.69, 9.17) is 5.73 Å². The van der Waals surface area contributed by atoms with E-state index in [9.17, 15) is 9.59 Å².